The zero-order valence-corrected chi connectivity index (χ0v) is 19.9. The lowest BCUT2D eigenvalue weighted by Crippen LogP contribution is -2.17. The van der Waals surface area contributed by atoms with Gasteiger partial charge in [0.05, 0.1) is 6.21 Å². The third kappa shape index (κ3) is 5.47. The lowest BCUT2D eigenvalue weighted by atomic mass is 10.1. The van der Waals surface area contributed by atoms with Gasteiger partial charge in [0.1, 0.15) is 4.90 Å². The Hall–Kier alpha value is -3.49. The first kappa shape index (κ1) is 22.7. The van der Waals surface area contributed by atoms with E-state index in [1.54, 1.807) is 36.4 Å². The van der Waals surface area contributed by atoms with Gasteiger partial charge >= 0.3 is 10.1 Å². The number of hydrazone groups is 1. The van der Waals surface area contributed by atoms with Crippen LogP contribution in [0.4, 0.5) is 0 Å². The standard InChI is InChI=1S/C25H19BrN2O4S/c1-17-6-11-23(12-7-17)33(30,31)32-24-13-10-22(26)15-21(24)16-27-28-25(29)20-9-8-18-4-2-3-5-19(18)14-20/h2-16H,1H3,(H,28,29)/b27-16-. The van der Waals surface area contributed by atoms with Gasteiger partial charge in [-0.25, -0.2) is 5.43 Å². The van der Waals surface area contributed by atoms with E-state index < -0.39 is 10.1 Å². The number of carbonyl (C=O) groups excluding carboxylic acids is 1. The van der Waals surface area contributed by atoms with Crippen molar-refractivity contribution in [2.24, 2.45) is 5.10 Å². The van der Waals surface area contributed by atoms with Gasteiger partial charge < -0.3 is 4.18 Å². The molecule has 166 valence electrons. The summed E-state index contributed by atoms with van der Waals surface area (Å²) in [5, 5.41) is 5.97. The number of amides is 1. The Balaban J connectivity index is 1.53. The number of nitrogens with zero attached hydrogens (tertiary/aromatic N) is 1. The molecule has 4 rings (SSSR count). The van der Waals surface area contributed by atoms with Gasteiger partial charge in [-0.1, -0.05) is 64.0 Å². The molecule has 33 heavy (non-hydrogen) atoms. The predicted molar refractivity (Wildman–Crippen MR) is 132 cm³/mol. The van der Waals surface area contributed by atoms with Crippen molar-refractivity contribution in [1.29, 1.82) is 0 Å². The molecule has 0 heterocycles. The smallest absolute Gasteiger partial charge is 0.339 e. The van der Waals surface area contributed by atoms with E-state index in [0.29, 0.717) is 15.6 Å². The van der Waals surface area contributed by atoms with Crippen LogP contribution in [0.25, 0.3) is 10.8 Å². The monoisotopic (exact) mass is 522 g/mol. The maximum absolute atomic E-state index is 12.7. The zero-order chi connectivity index (χ0) is 23.4. The summed E-state index contributed by atoms with van der Waals surface area (Å²) in [7, 11) is -4.03. The molecule has 0 spiro atoms. The van der Waals surface area contributed by atoms with E-state index in [1.807, 2.05) is 37.3 Å². The number of aryl methyl sites for hydroxylation is 1. The van der Waals surface area contributed by atoms with Crippen LogP contribution in [-0.4, -0.2) is 20.5 Å². The lowest BCUT2D eigenvalue weighted by molar-refractivity contribution is 0.0955. The number of nitrogens with one attached hydrogen (secondary N) is 1. The SMILES string of the molecule is Cc1ccc(S(=O)(=O)Oc2ccc(Br)cc2/C=N\NC(=O)c2ccc3ccccc3c2)cc1. The highest BCUT2D eigenvalue weighted by atomic mass is 79.9. The minimum Gasteiger partial charge on any atom is -0.378 e. The van der Waals surface area contributed by atoms with Crippen molar-refractivity contribution in [3.8, 4) is 5.75 Å². The average Bonchev–Trinajstić information content (AvgIpc) is 2.80. The molecule has 0 saturated heterocycles. The molecular weight excluding hydrogens is 504 g/mol. The van der Waals surface area contributed by atoms with Crippen molar-refractivity contribution in [2.45, 2.75) is 11.8 Å². The molecule has 0 saturated carbocycles. The summed E-state index contributed by atoms with van der Waals surface area (Å²) < 4.78 is 31.4. The summed E-state index contributed by atoms with van der Waals surface area (Å²) in [5.74, 6) is -0.302. The fourth-order valence-corrected chi connectivity index (χ4v) is 4.46. The molecule has 4 aromatic carbocycles. The largest absolute Gasteiger partial charge is 0.378 e. The quantitative estimate of drug-likeness (QED) is 0.207. The molecule has 0 aliphatic carbocycles. The zero-order valence-electron chi connectivity index (χ0n) is 17.5. The molecule has 0 aliphatic rings. The minimum atomic E-state index is -4.03. The topological polar surface area (TPSA) is 84.8 Å². The van der Waals surface area contributed by atoms with Crippen molar-refractivity contribution in [3.05, 3.63) is 106 Å². The van der Waals surface area contributed by atoms with E-state index >= 15 is 0 Å². The first-order chi connectivity index (χ1) is 15.8. The maximum atomic E-state index is 12.7. The Morgan fingerprint density at radius 1 is 0.939 bits per heavy atom. The third-order valence-electron chi connectivity index (χ3n) is 4.86. The fraction of sp³-hybridized carbons (Fsp3) is 0.0400. The number of hydrogen-bond donors (Lipinski definition) is 1. The van der Waals surface area contributed by atoms with Gasteiger partial charge in [0, 0.05) is 15.6 Å². The van der Waals surface area contributed by atoms with Crippen molar-refractivity contribution < 1.29 is 17.4 Å². The van der Waals surface area contributed by atoms with Crippen LogP contribution in [0.5, 0.6) is 5.75 Å². The van der Waals surface area contributed by atoms with Crippen molar-refractivity contribution >= 4 is 48.9 Å². The third-order valence-corrected chi connectivity index (χ3v) is 6.60. The Morgan fingerprint density at radius 2 is 1.67 bits per heavy atom. The molecule has 4 aromatic rings. The summed E-state index contributed by atoms with van der Waals surface area (Å²) in [6.45, 7) is 1.87. The normalized spacial score (nSPS) is 11.6. The van der Waals surface area contributed by atoms with E-state index in [4.69, 9.17) is 4.18 Å². The highest BCUT2D eigenvalue weighted by molar-refractivity contribution is 9.10. The number of benzene rings is 4. The molecule has 0 atom stereocenters. The van der Waals surface area contributed by atoms with Gasteiger partial charge in [-0.05, 0) is 60.2 Å². The maximum Gasteiger partial charge on any atom is 0.339 e. The number of hydrogen-bond acceptors (Lipinski definition) is 5. The molecule has 1 amide bonds. The highest BCUT2D eigenvalue weighted by Crippen LogP contribution is 2.25. The number of fused-ring (bicyclic) bond motifs is 1. The minimum absolute atomic E-state index is 0.0449. The van der Waals surface area contributed by atoms with Crippen molar-refractivity contribution in [1.82, 2.24) is 5.43 Å². The van der Waals surface area contributed by atoms with Crippen molar-refractivity contribution in [3.63, 3.8) is 0 Å². The lowest BCUT2D eigenvalue weighted by Gasteiger charge is -2.10. The van der Waals surface area contributed by atoms with E-state index in [1.165, 1.54) is 24.4 Å². The van der Waals surface area contributed by atoms with Crippen LogP contribution in [0.1, 0.15) is 21.5 Å². The van der Waals surface area contributed by atoms with Gasteiger partial charge in [-0.3, -0.25) is 4.79 Å². The summed E-state index contributed by atoms with van der Waals surface area (Å²) in [5.41, 5.74) is 4.24. The van der Waals surface area contributed by atoms with Crippen LogP contribution < -0.4 is 9.61 Å². The molecule has 0 fully saturated rings. The first-order valence-corrected chi connectivity index (χ1v) is 12.1. The fourth-order valence-electron chi connectivity index (χ4n) is 3.12. The second kappa shape index (κ2) is 9.56. The van der Waals surface area contributed by atoms with Crippen LogP contribution in [0.3, 0.4) is 0 Å². The van der Waals surface area contributed by atoms with E-state index in [9.17, 15) is 13.2 Å². The van der Waals surface area contributed by atoms with Crippen LogP contribution in [0.15, 0.2) is 99.4 Å². The van der Waals surface area contributed by atoms with E-state index in [2.05, 4.69) is 26.5 Å². The Bertz CT molecular complexity index is 1470. The van der Waals surface area contributed by atoms with E-state index in [0.717, 1.165) is 16.3 Å². The van der Waals surface area contributed by atoms with Crippen LogP contribution >= 0.6 is 15.9 Å². The van der Waals surface area contributed by atoms with Crippen LogP contribution in [0, 0.1) is 6.92 Å². The summed E-state index contributed by atoms with van der Waals surface area (Å²) in [4.78, 5) is 12.6. The van der Waals surface area contributed by atoms with Crippen LogP contribution in [0.2, 0.25) is 0 Å². The molecule has 0 unspecified atom stereocenters. The first-order valence-electron chi connectivity index (χ1n) is 9.95. The second-order valence-corrected chi connectivity index (χ2v) is 9.76. The summed E-state index contributed by atoms with van der Waals surface area (Å²) in [6.07, 6.45) is 1.34. The molecule has 8 heteroatoms. The number of halogens is 1. The van der Waals surface area contributed by atoms with Gasteiger partial charge in [-0.2, -0.15) is 13.5 Å². The molecule has 0 aromatic heterocycles. The average molecular weight is 523 g/mol. The summed E-state index contributed by atoms with van der Waals surface area (Å²) in [6, 6.07) is 24.3. The second-order valence-electron chi connectivity index (χ2n) is 7.29. The molecule has 6 nitrogen and oxygen atoms in total. The van der Waals surface area contributed by atoms with Gasteiger partial charge in [-0.15, -0.1) is 0 Å². The van der Waals surface area contributed by atoms with E-state index in [-0.39, 0.29) is 16.6 Å². The highest BCUT2D eigenvalue weighted by Gasteiger charge is 2.18. The van der Waals surface area contributed by atoms with Gasteiger partial charge in [0.2, 0.25) is 0 Å². The molecule has 0 aliphatic heterocycles. The summed E-state index contributed by atoms with van der Waals surface area (Å²) >= 11 is 3.36. The molecular formula is C25H19BrN2O4S. The van der Waals surface area contributed by atoms with Crippen LogP contribution in [-0.2, 0) is 10.1 Å². The molecule has 0 radical (unpaired) electrons. The van der Waals surface area contributed by atoms with Gasteiger partial charge in [0.25, 0.3) is 5.91 Å². The Morgan fingerprint density at radius 3 is 2.42 bits per heavy atom. The van der Waals surface area contributed by atoms with Crippen molar-refractivity contribution in [2.75, 3.05) is 0 Å². The predicted octanol–water partition coefficient (Wildman–Crippen LogP) is 5.44. The number of rotatable bonds is 6. The Labute approximate surface area is 200 Å². The molecule has 1 N–H and O–H groups in total. The van der Waals surface area contributed by atoms with Gasteiger partial charge in [0.15, 0.2) is 5.75 Å². The Kier molecular flexibility index (Phi) is 6.57. The number of carbonyl (C=O) groups is 1. The molecule has 0 bridgehead atoms.